The Labute approximate surface area is 91.0 Å². The topological polar surface area (TPSA) is 46.3 Å². The molecule has 3 fully saturated rings. The molecular weight excluding hydrogens is 188 g/mol. The fourth-order valence-corrected chi connectivity index (χ4v) is 2.42. The van der Waals surface area contributed by atoms with Crippen molar-refractivity contribution >= 4 is 5.91 Å². The van der Waals surface area contributed by atoms with Crippen molar-refractivity contribution in [1.29, 1.82) is 0 Å². The first kappa shape index (κ1) is 9.64. The Morgan fingerprint density at radius 3 is 2.33 bits per heavy atom. The van der Waals surface area contributed by atoms with Crippen LogP contribution >= 0.6 is 0 Å². The lowest BCUT2D eigenvalue weighted by molar-refractivity contribution is -0.141. The van der Waals surface area contributed by atoms with Crippen LogP contribution in [-0.4, -0.2) is 28.9 Å². The molecule has 0 aromatic rings. The smallest absolute Gasteiger partial charge is 0.242 e. The summed E-state index contributed by atoms with van der Waals surface area (Å²) in [6, 6.07) is 0.541. The van der Waals surface area contributed by atoms with E-state index in [4.69, 9.17) is 5.73 Å². The van der Waals surface area contributed by atoms with Gasteiger partial charge in [0.05, 0.1) is 5.54 Å². The number of hydrogen-bond acceptors (Lipinski definition) is 2. The predicted octanol–water partition coefficient (Wildman–Crippen LogP) is 1.27. The van der Waals surface area contributed by atoms with E-state index in [0.717, 1.165) is 31.7 Å². The monoisotopic (exact) mass is 208 g/mol. The van der Waals surface area contributed by atoms with Crippen LogP contribution in [0.3, 0.4) is 0 Å². The van der Waals surface area contributed by atoms with Crippen LogP contribution in [0.1, 0.15) is 44.9 Å². The number of carbonyl (C=O) groups excluding carboxylic acids is 1. The van der Waals surface area contributed by atoms with E-state index in [-0.39, 0.29) is 5.91 Å². The van der Waals surface area contributed by atoms with Gasteiger partial charge in [-0.25, -0.2) is 0 Å². The molecule has 2 N–H and O–H groups in total. The van der Waals surface area contributed by atoms with Crippen LogP contribution in [0.4, 0.5) is 0 Å². The summed E-state index contributed by atoms with van der Waals surface area (Å²) in [7, 11) is 0. The third-order valence-electron chi connectivity index (χ3n) is 4.07. The molecule has 3 heteroatoms. The van der Waals surface area contributed by atoms with E-state index in [2.05, 4.69) is 4.90 Å². The summed E-state index contributed by atoms with van der Waals surface area (Å²) in [5.74, 6) is 1.04. The SMILES string of the molecule is NC1(C(=O)N(CC2CC2)C2CC2)CCC1. The molecule has 3 aliphatic rings. The third kappa shape index (κ3) is 1.78. The van der Waals surface area contributed by atoms with Gasteiger partial charge in [0.25, 0.3) is 0 Å². The molecule has 84 valence electrons. The Balaban J connectivity index is 1.67. The molecule has 0 atom stereocenters. The highest BCUT2D eigenvalue weighted by Gasteiger charge is 2.47. The molecule has 0 saturated heterocycles. The lowest BCUT2D eigenvalue weighted by Crippen LogP contribution is -2.60. The summed E-state index contributed by atoms with van der Waals surface area (Å²) >= 11 is 0. The summed E-state index contributed by atoms with van der Waals surface area (Å²) in [5, 5.41) is 0. The van der Waals surface area contributed by atoms with Gasteiger partial charge in [-0.3, -0.25) is 4.79 Å². The van der Waals surface area contributed by atoms with Gasteiger partial charge in [0.2, 0.25) is 5.91 Å². The van der Waals surface area contributed by atoms with Gasteiger partial charge in [0, 0.05) is 12.6 Å². The molecule has 3 saturated carbocycles. The molecule has 3 nitrogen and oxygen atoms in total. The van der Waals surface area contributed by atoms with Crippen LogP contribution in [-0.2, 0) is 4.79 Å². The van der Waals surface area contributed by atoms with Crippen LogP contribution in [0.2, 0.25) is 0 Å². The Bertz CT molecular complexity index is 277. The molecule has 0 aliphatic heterocycles. The summed E-state index contributed by atoms with van der Waals surface area (Å²) in [6.45, 7) is 0.989. The lowest BCUT2D eigenvalue weighted by Gasteiger charge is -2.40. The van der Waals surface area contributed by atoms with E-state index >= 15 is 0 Å². The standard InChI is InChI=1S/C12H20N2O/c13-12(6-1-7-12)11(15)14(10-4-5-10)8-9-2-3-9/h9-10H,1-8,13H2. The number of amides is 1. The maximum absolute atomic E-state index is 12.3. The lowest BCUT2D eigenvalue weighted by atomic mass is 9.76. The fourth-order valence-electron chi connectivity index (χ4n) is 2.42. The van der Waals surface area contributed by atoms with Crippen LogP contribution in [0.25, 0.3) is 0 Å². The van der Waals surface area contributed by atoms with Crippen LogP contribution in [0.15, 0.2) is 0 Å². The second-order valence-corrected chi connectivity index (χ2v) is 5.64. The second kappa shape index (κ2) is 3.21. The van der Waals surface area contributed by atoms with Crippen molar-refractivity contribution in [2.45, 2.75) is 56.5 Å². The molecule has 3 rings (SSSR count). The molecule has 3 aliphatic carbocycles. The highest BCUT2D eigenvalue weighted by Crippen LogP contribution is 2.39. The molecule has 0 bridgehead atoms. The van der Waals surface area contributed by atoms with E-state index in [1.54, 1.807) is 0 Å². The van der Waals surface area contributed by atoms with Crippen molar-refractivity contribution < 1.29 is 4.79 Å². The number of carbonyl (C=O) groups is 1. The highest BCUT2D eigenvalue weighted by molar-refractivity contribution is 5.87. The molecule has 1 amide bonds. The summed E-state index contributed by atoms with van der Waals surface area (Å²) in [4.78, 5) is 14.4. The average Bonchev–Trinajstić information content (AvgIpc) is 2.98. The van der Waals surface area contributed by atoms with Gasteiger partial charge >= 0.3 is 0 Å². The first-order chi connectivity index (χ1) is 7.19. The summed E-state index contributed by atoms with van der Waals surface area (Å²) < 4.78 is 0. The van der Waals surface area contributed by atoms with Gasteiger partial charge in [-0.15, -0.1) is 0 Å². The van der Waals surface area contributed by atoms with Crippen molar-refractivity contribution in [3.05, 3.63) is 0 Å². The van der Waals surface area contributed by atoms with E-state index in [9.17, 15) is 4.79 Å². The molecule has 0 spiro atoms. The second-order valence-electron chi connectivity index (χ2n) is 5.64. The van der Waals surface area contributed by atoms with Gasteiger partial charge in [-0.1, -0.05) is 0 Å². The van der Waals surface area contributed by atoms with Crippen LogP contribution in [0.5, 0.6) is 0 Å². The quantitative estimate of drug-likeness (QED) is 0.756. The zero-order valence-corrected chi connectivity index (χ0v) is 9.24. The van der Waals surface area contributed by atoms with Gasteiger partial charge in [0.15, 0.2) is 0 Å². The minimum Gasteiger partial charge on any atom is -0.338 e. The summed E-state index contributed by atoms with van der Waals surface area (Å²) in [6.07, 6.45) is 7.97. The van der Waals surface area contributed by atoms with Gasteiger partial charge in [0.1, 0.15) is 0 Å². The fraction of sp³-hybridized carbons (Fsp3) is 0.917. The largest absolute Gasteiger partial charge is 0.338 e. The highest BCUT2D eigenvalue weighted by atomic mass is 16.2. The molecule has 0 aromatic carbocycles. The average molecular weight is 208 g/mol. The Kier molecular flexibility index (Phi) is 2.06. The molecule has 0 heterocycles. The minimum absolute atomic E-state index is 0.253. The van der Waals surface area contributed by atoms with E-state index in [1.165, 1.54) is 25.7 Å². The van der Waals surface area contributed by atoms with Crippen molar-refractivity contribution in [2.24, 2.45) is 11.7 Å². The van der Waals surface area contributed by atoms with E-state index in [0.29, 0.717) is 6.04 Å². The molecule has 0 unspecified atom stereocenters. The Hall–Kier alpha value is -0.570. The normalized spacial score (nSPS) is 28.3. The van der Waals surface area contributed by atoms with Crippen molar-refractivity contribution in [1.82, 2.24) is 4.90 Å². The van der Waals surface area contributed by atoms with Gasteiger partial charge < -0.3 is 10.6 Å². The van der Waals surface area contributed by atoms with Crippen molar-refractivity contribution in [2.75, 3.05) is 6.54 Å². The van der Waals surface area contributed by atoms with Gasteiger partial charge in [-0.05, 0) is 50.9 Å². The number of rotatable bonds is 4. The van der Waals surface area contributed by atoms with Crippen LogP contribution < -0.4 is 5.73 Å². The third-order valence-corrected chi connectivity index (χ3v) is 4.07. The number of nitrogens with two attached hydrogens (primary N) is 1. The maximum Gasteiger partial charge on any atom is 0.242 e. The molecular formula is C12H20N2O. The van der Waals surface area contributed by atoms with Crippen LogP contribution in [0, 0.1) is 5.92 Å². The first-order valence-corrected chi connectivity index (χ1v) is 6.29. The number of hydrogen-bond donors (Lipinski definition) is 1. The molecule has 15 heavy (non-hydrogen) atoms. The number of nitrogens with zero attached hydrogens (tertiary/aromatic N) is 1. The Morgan fingerprint density at radius 1 is 1.27 bits per heavy atom. The van der Waals surface area contributed by atoms with Crippen molar-refractivity contribution in [3.8, 4) is 0 Å². The molecule has 0 aromatic heterocycles. The summed E-state index contributed by atoms with van der Waals surface area (Å²) in [5.41, 5.74) is 5.64. The Morgan fingerprint density at radius 2 is 1.93 bits per heavy atom. The zero-order valence-electron chi connectivity index (χ0n) is 9.24. The predicted molar refractivity (Wildman–Crippen MR) is 58.2 cm³/mol. The van der Waals surface area contributed by atoms with E-state index in [1.807, 2.05) is 0 Å². The maximum atomic E-state index is 12.3. The first-order valence-electron chi connectivity index (χ1n) is 6.29. The zero-order chi connectivity index (χ0) is 10.5. The van der Waals surface area contributed by atoms with Gasteiger partial charge in [-0.2, -0.15) is 0 Å². The van der Waals surface area contributed by atoms with Crippen molar-refractivity contribution in [3.63, 3.8) is 0 Å². The van der Waals surface area contributed by atoms with E-state index < -0.39 is 5.54 Å². The minimum atomic E-state index is -0.475. The molecule has 0 radical (unpaired) electrons.